The Bertz CT molecular complexity index is 818. The number of aliphatic hydroxyl groups is 2. The van der Waals surface area contributed by atoms with Crippen LogP contribution in [0.15, 0.2) is 11.6 Å². The summed E-state index contributed by atoms with van der Waals surface area (Å²) >= 11 is 0. The van der Waals surface area contributed by atoms with Gasteiger partial charge in [-0.2, -0.15) is 13.2 Å². The lowest BCUT2D eigenvalue weighted by atomic mass is 9.46. The summed E-state index contributed by atoms with van der Waals surface area (Å²) in [6.45, 7) is 8.16. The quantitative estimate of drug-likeness (QED) is 0.452. The van der Waals surface area contributed by atoms with Crippen LogP contribution < -0.4 is 0 Å². The molecule has 6 heteroatoms. The summed E-state index contributed by atoms with van der Waals surface area (Å²) in [4.78, 5) is 0. The van der Waals surface area contributed by atoms with Gasteiger partial charge in [0.25, 0.3) is 0 Å². The van der Waals surface area contributed by atoms with E-state index < -0.39 is 17.4 Å². The van der Waals surface area contributed by atoms with Gasteiger partial charge in [0.1, 0.15) is 0 Å². The van der Waals surface area contributed by atoms with Gasteiger partial charge in [0, 0.05) is 19.4 Å². The van der Waals surface area contributed by atoms with Gasteiger partial charge in [0.05, 0.1) is 12.2 Å². The normalized spacial score (nSPS) is 49.7. The van der Waals surface area contributed by atoms with E-state index in [4.69, 9.17) is 4.74 Å². The van der Waals surface area contributed by atoms with E-state index in [2.05, 4.69) is 26.8 Å². The van der Waals surface area contributed by atoms with Crippen LogP contribution in [0, 0.1) is 40.4 Å². The number of allylic oxidation sites excluding steroid dienone is 1. The van der Waals surface area contributed by atoms with E-state index in [-0.39, 0.29) is 23.7 Å². The fourth-order valence-corrected chi connectivity index (χ4v) is 9.36. The molecule has 0 bridgehead atoms. The molecule has 0 aromatic heterocycles. The van der Waals surface area contributed by atoms with E-state index >= 15 is 0 Å². The monoisotopic (exact) mass is 484 g/mol. The molecule has 4 aliphatic carbocycles. The lowest BCUT2D eigenvalue weighted by Gasteiger charge is -2.59. The van der Waals surface area contributed by atoms with Crippen LogP contribution in [0.2, 0.25) is 0 Å². The molecular weight excluding hydrogens is 441 g/mol. The molecule has 3 saturated carbocycles. The van der Waals surface area contributed by atoms with Gasteiger partial charge < -0.3 is 14.9 Å². The third-order valence-electron chi connectivity index (χ3n) is 11.6. The first-order chi connectivity index (χ1) is 15.8. The number of fused-ring (bicyclic) bond motifs is 5. The number of alkyl halides is 3. The molecule has 34 heavy (non-hydrogen) atoms. The highest BCUT2D eigenvalue weighted by Crippen LogP contribution is 2.68. The fourth-order valence-electron chi connectivity index (χ4n) is 9.36. The maximum atomic E-state index is 13.6. The van der Waals surface area contributed by atoms with E-state index in [1.54, 1.807) is 0 Å². The maximum Gasteiger partial charge on any atom is 0.417 e. The Morgan fingerprint density at radius 2 is 1.82 bits per heavy atom. The third kappa shape index (κ3) is 3.80. The minimum atomic E-state index is -4.57. The summed E-state index contributed by atoms with van der Waals surface area (Å²) in [5, 5.41) is 21.1. The first-order valence-electron chi connectivity index (χ1n) is 13.6. The molecule has 0 spiro atoms. The summed E-state index contributed by atoms with van der Waals surface area (Å²) in [7, 11) is 0. The average Bonchev–Trinajstić information content (AvgIpc) is 3.35. The van der Waals surface area contributed by atoms with Crippen LogP contribution in [0.1, 0.15) is 91.4 Å². The number of hydrogen-bond acceptors (Lipinski definition) is 3. The molecule has 0 radical (unpaired) electrons. The van der Waals surface area contributed by atoms with E-state index in [1.807, 2.05) is 0 Å². The first kappa shape index (κ1) is 25.1. The molecule has 2 N–H and O–H groups in total. The van der Waals surface area contributed by atoms with Crippen molar-refractivity contribution in [3.63, 3.8) is 0 Å². The summed E-state index contributed by atoms with van der Waals surface area (Å²) in [6, 6.07) is 0. The fraction of sp³-hybridized carbons (Fsp3) is 0.929. The Hall–Kier alpha value is -0.590. The van der Waals surface area contributed by atoms with Gasteiger partial charge in [-0.3, -0.25) is 0 Å². The molecule has 9 atom stereocenters. The van der Waals surface area contributed by atoms with Crippen LogP contribution in [0.25, 0.3) is 0 Å². The van der Waals surface area contributed by atoms with Crippen LogP contribution in [0.5, 0.6) is 0 Å². The largest absolute Gasteiger partial charge is 0.417 e. The van der Waals surface area contributed by atoms with Crippen molar-refractivity contribution in [3.8, 4) is 0 Å². The molecule has 1 heterocycles. The molecule has 0 aromatic rings. The van der Waals surface area contributed by atoms with Crippen LogP contribution in [0.3, 0.4) is 0 Å². The highest BCUT2D eigenvalue weighted by atomic mass is 19.4. The molecule has 194 valence electrons. The van der Waals surface area contributed by atoms with Crippen molar-refractivity contribution in [3.05, 3.63) is 11.6 Å². The van der Waals surface area contributed by atoms with Gasteiger partial charge in [-0.25, -0.2) is 0 Å². The van der Waals surface area contributed by atoms with E-state index in [0.717, 1.165) is 44.1 Å². The summed E-state index contributed by atoms with van der Waals surface area (Å²) in [6.07, 6.45) is 5.64. The van der Waals surface area contributed by atoms with Crippen LogP contribution in [-0.2, 0) is 4.74 Å². The predicted octanol–water partition coefficient (Wildman–Crippen LogP) is 6.43. The van der Waals surface area contributed by atoms with Crippen molar-refractivity contribution in [2.45, 2.75) is 109 Å². The molecule has 0 amide bonds. The minimum Gasteiger partial charge on any atom is -0.387 e. The van der Waals surface area contributed by atoms with Crippen molar-refractivity contribution >= 4 is 0 Å². The van der Waals surface area contributed by atoms with Gasteiger partial charge in [0.15, 0.2) is 5.60 Å². The van der Waals surface area contributed by atoms with Crippen molar-refractivity contribution < 1.29 is 28.1 Å². The summed E-state index contributed by atoms with van der Waals surface area (Å²) < 4.78 is 46.2. The Kier molecular flexibility index (Phi) is 6.05. The lowest BCUT2D eigenvalue weighted by Crippen LogP contribution is -2.55. The second kappa shape index (κ2) is 8.21. The molecule has 5 aliphatic rings. The van der Waals surface area contributed by atoms with E-state index in [0.29, 0.717) is 49.2 Å². The van der Waals surface area contributed by atoms with E-state index in [1.165, 1.54) is 12.8 Å². The van der Waals surface area contributed by atoms with Gasteiger partial charge in [-0.15, -0.1) is 0 Å². The smallest absolute Gasteiger partial charge is 0.387 e. The summed E-state index contributed by atoms with van der Waals surface area (Å²) in [5.74, 6) is 2.78. The van der Waals surface area contributed by atoms with Gasteiger partial charge in [-0.05, 0) is 98.2 Å². The van der Waals surface area contributed by atoms with Crippen LogP contribution >= 0.6 is 0 Å². The standard InChI is InChI=1S/C28H43F3O3/c1-18(8-11-26(32)14-15-34-17-26)21-6-7-22-20-5-4-19-16-27(33,28(29,30)31)13-12-24(19,2)23(20)9-10-25(21,22)3/h4,18,20-23,32-33H,5-17H2,1-3H3/t18-,20-,21-,22-,23-,24-,25+,26-,27-/m0/s1. The molecule has 1 saturated heterocycles. The molecule has 1 aliphatic heterocycles. The van der Waals surface area contributed by atoms with Crippen molar-refractivity contribution in [1.29, 1.82) is 0 Å². The molecule has 0 unspecified atom stereocenters. The Morgan fingerprint density at radius 1 is 1.06 bits per heavy atom. The highest BCUT2D eigenvalue weighted by Gasteiger charge is 2.63. The van der Waals surface area contributed by atoms with Gasteiger partial charge >= 0.3 is 6.18 Å². The number of halogens is 3. The topological polar surface area (TPSA) is 49.7 Å². The third-order valence-corrected chi connectivity index (χ3v) is 11.6. The van der Waals surface area contributed by atoms with Crippen molar-refractivity contribution in [2.75, 3.05) is 13.2 Å². The van der Waals surface area contributed by atoms with Crippen molar-refractivity contribution in [2.24, 2.45) is 40.4 Å². The maximum absolute atomic E-state index is 13.6. The van der Waals surface area contributed by atoms with Crippen molar-refractivity contribution in [1.82, 2.24) is 0 Å². The number of rotatable bonds is 4. The Morgan fingerprint density at radius 3 is 2.50 bits per heavy atom. The van der Waals surface area contributed by atoms with Crippen LogP contribution in [0.4, 0.5) is 13.2 Å². The molecular formula is C28H43F3O3. The summed E-state index contributed by atoms with van der Waals surface area (Å²) in [5.41, 5.74) is -2.28. The number of ether oxygens (including phenoxy) is 1. The number of hydrogen-bond donors (Lipinski definition) is 2. The minimum absolute atomic E-state index is 0.179. The molecule has 4 fully saturated rings. The SMILES string of the molecule is C[C@@H](CC[C@]1(O)CCOC1)[C@@H]1CC[C@H]2[C@@H]3CC=C4C[C@](O)(C(F)(F)F)CC[C@]4(C)[C@H]3CC[C@@]21C. The van der Waals surface area contributed by atoms with E-state index in [9.17, 15) is 23.4 Å². The van der Waals surface area contributed by atoms with Gasteiger partial charge in [0.2, 0.25) is 0 Å². The Balaban J connectivity index is 1.31. The first-order valence-corrected chi connectivity index (χ1v) is 13.6. The highest BCUT2D eigenvalue weighted by molar-refractivity contribution is 5.28. The van der Waals surface area contributed by atoms with Crippen LogP contribution in [-0.4, -0.2) is 40.8 Å². The Labute approximate surface area is 202 Å². The zero-order chi connectivity index (χ0) is 24.6. The molecule has 0 aromatic carbocycles. The second-order valence-electron chi connectivity index (χ2n) is 13.2. The second-order valence-corrected chi connectivity index (χ2v) is 13.2. The zero-order valence-corrected chi connectivity index (χ0v) is 21.1. The molecule has 5 rings (SSSR count). The molecule has 3 nitrogen and oxygen atoms in total. The average molecular weight is 485 g/mol. The lowest BCUT2D eigenvalue weighted by molar-refractivity contribution is -0.271. The zero-order valence-electron chi connectivity index (χ0n) is 21.1. The van der Waals surface area contributed by atoms with Gasteiger partial charge in [-0.1, -0.05) is 32.4 Å². The predicted molar refractivity (Wildman–Crippen MR) is 125 cm³/mol.